The van der Waals surface area contributed by atoms with Gasteiger partial charge in [0.05, 0.1) is 6.61 Å². The SMILES string of the molecule is CCOC(=O)[C@H](CCC(=O)O)NC(=O)OCC1c2ccccc2-c2ccccc21. The maximum atomic E-state index is 12.3. The molecule has 0 heterocycles. The van der Waals surface area contributed by atoms with Gasteiger partial charge in [0.1, 0.15) is 12.6 Å². The molecule has 0 radical (unpaired) electrons. The van der Waals surface area contributed by atoms with Gasteiger partial charge in [-0.15, -0.1) is 0 Å². The zero-order valence-corrected chi connectivity index (χ0v) is 16.1. The average molecular weight is 397 g/mol. The average Bonchev–Trinajstić information content (AvgIpc) is 3.03. The lowest BCUT2D eigenvalue weighted by molar-refractivity contribution is -0.146. The third-order valence-corrected chi connectivity index (χ3v) is 4.85. The van der Waals surface area contributed by atoms with Crippen LogP contribution >= 0.6 is 0 Å². The number of carboxylic acid groups (broad SMARTS) is 1. The fourth-order valence-corrected chi connectivity index (χ4v) is 3.54. The second kappa shape index (κ2) is 9.23. The number of hydrogen-bond donors (Lipinski definition) is 2. The number of rotatable bonds is 8. The van der Waals surface area contributed by atoms with Crippen molar-refractivity contribution < 1.29 is 29.0 Å². The monoisotopic (exact) mass is 397 g/mol. The van der Waals surface area contributed by atoms with Crippen molar-refractivity contribution in [2.24, 2.45) is 0 Å². The fourth-order valence-electron chi connectivity index (χ4n) is 3.54. The van der Waals surface area contributed by atoms with Crippen molar-refractivity contribution in [2.75, 3.05) is 13.2 Å². The molecule has 1 amide bonds. The van der Waals surface area contributed by atoms with Gasteiger partial charge in [0, 0.05) is 12.3 Å². The number of carbonyl (C=O) groups excluding carboxylic acids is 2. The van der Waals surface area contributed by atoms with Crippen LogP contribution in [0.1, 0.15) is 36.8 Å². The molecular weight excluding hydrogens is 374 g/mol. The van der Waals surface area contributed by atoms with Crippen LogP contribution in [0.25, 0.3) is 11.1 Å². The number of benzene rings is 2. The van der Waals surface area contributed by atoms with Crippen LogP contribution in [0.15, 0.2) is 48.5 Å². The van der Waals surface area contributed by atoms with Crippen LogP contribution in [0, 0.1) is 0 Å². The molecule has 0 bridgehead atoms. The van der Waals surface area contributed by atoms with Crippen LogP contribution in [0.3, 0.4) is 0 Å². The molecule has 152 valence electrons. The Kier molecular flexibility index (Phi) is 6.49. The fraction of sp³-hybridized carbons (Fsp3) is 0.318. The number of nitrogens with one attached hydrogen (secondary N) is 1. The number of amides is 1. The van der Waals surface area contributed by atoms with Gasteiger partial charge in [-0.25, -0.2) is 9.59 Å². The Labute approximate surface area is 168 Å². The van der Waals surface area contributed by atoms with Crippen molar-refractivity contribution >= 4 is 18.0 Å². The molecule has 1 aliphatic rings. The molecule has 2 N–H and O–H groups in total. The van der Waals surface area contributed by atoms with Crippen LogP contribution in [0.5, 0.6) is 0 Å². The molecule has 0 saturated heterocycles. The van der Waals surface area contributed by atoms with E-state index in [1.165, 1.54) is 0 Å². The highest BCUT2D eigenvalue weighted by molar-refractivity contribution is 5.82. The standard InChI is InChI=1S/C22H23NO6/c1-2-28-21(26)19(11-12-20(24)25)23-22(27)29-13-18-16-9-5-3-7-14(16)15-8-4-6-10-17(15)18/h3-10,18-19H,2,11-13H2,1H3,(H,23,27)(H,24,25)/t19-/m0/s1. The van der Waals surface area contributed by atoms with Crippen molar-refractivity contribution in [1.29, 1.82) is 0 Å². The first-order chi connectivity index (χ1) is 14.0. The van der Waals surface area contributed by atoms with E-state index in [0.717, 1.165) is 22.3 Å². The molecule has 2 aromatic rings. The number of ether oxygens (including phenoxy) is 2. The Bertz CT molecular complexity index is 864. The van der Waals surface area contributed by atoms with E-state index in [1.54, 1.807) is 6.92 Å². The third kappa shape index (κ3) is 4.74. The van der Waals surface area contributed by atoms with Crippen molar-refractivity contribution in [2.45, 2.75) is 31.7 Å². The van der Waals surface area contributed by atoms with Crippen LogP contribution in [0.2, 0.25) is 0 Å². The smallest absolute Gasteiger partial charge is 0.407 e. The predicted octanol–water partition coefficient (Wildman–Crippen LogP) is 3.32. The molecule has 0 unspecified atom stereocenters. The van der Waals surface area contributed by atoms with Gasteiger partial charge in [0.2, 0.25) is 0 Å². The summed E-state index contributed by atoms with van der Waals surface area (Å²) in [5.41, 5.74) is 4.38. The Morgan fingerprint density at radius 2 is 1.59 bits per heavy atom. The quantitative estimate of drug-likeness (QED) is 0.663. The molecule has 1 atom stereocenters. The number of aliphatic carboxylic acids is 1. The van der Waals surface area contributed by atoms with E-state index in [0.29, 0.717) is 0 Å². The Hall–Kier alpha value is -3.35. The highest BCUT2D eigenvalue weighted by Gasteiger charge is 2.30. The van der Waals surface area contributed by atoms with Gasteiger partial charge >= 0.3 is 18.0 Å². The minimum absolute atomic E-state index is 0.0711. The lowest BCUT2D eigenvalue weighted by Gasteiger charge is -2.18. The number of fused-ring (bicyclic) bond motifs is 3. The van der Waals surface area contributed by atoms with E-state index in [-0.39, 0.29) is 32.0 Å². The highest BCUT2D eigenvalue weighted by atomic mass is 16.6. The van der Waals surface area contributed by atoms with E-state index in [9.17, 15) is 14.4 Å². The summed E-state index contributed by atoms with van der Waals surface area (Å²) in [5, 5.41) is 11.3. The summed E-state index contributed by atoms with van der Waals surface area (Å²) in [7, 11) is 0. The first kappa shape index (κ1) is 20.4. The molecular formula is C22H23NO6. The highest BCUT2D eigenvalue weighted by Crippen LogP contribution is 2.44. The number of esters is 1. The number of carbonyl (C=O) groups is 3. The Balaban J connectivity index is 1.66. The zero-order valence-electron chi connectivity index (χ0n) is 16.1. The molecule has 3 rings (SSSR count). The van der Waals surface area contributed by atoms with E-state index in [2.05, 4.69) is 5.32 Å². The Morgan fingerprint density at radius 1 is 1.00 bits per heavy atom. The molecule has 0 aromatic heterocycles. The molecule has 0 saturated carbocycles. The lowest BCUT2D eigenvalue weighted by Crippen LogP contribution is -2.42. The first-order valence-corrected chi connectivity index (χ1v) is 9.51. The summed E-state index contributed by atoms with van der Waals surface area (Å²) in [6.45, 7) is 1.88. The van der Waals surface area contributed by atoms with Crippen LogP contribution in [-0.4, -0.2) is 42.4 Å². The maximum Gasteiger partial charge on any atom is 0.407 e. The van der Waals surface area contributed by atoms with Crippen LogP contribution in [-0.2, 0) is 19.1 Å². The van der Waals surface area contributed by atoms with Crippen LogP contribution < -0.4 is 5.32 Å². The van der Waals surface area contributed by atoms with Gasteiger partial charge in [-0.2, -0.15) is 0 Å². The maximum absolute atomic E-state index is 12.3. The topological polar surface area (TPSA) is 102 Å². The summed E-state index contributed by atoms with van der Waals surface area (Å²) in [6, 6.07) is 14.9. The molecule has 7 nitrogen and oxygen atoms in total. The van der Waals surface area contributed by atoms with Gasteiger partial charge in [-0.3, -0.25) is 4.79 Å². The summed E-state index contributed by atoms with van der Waals surface area (Å²) in [6.07, 6.45) is -1.12. The van der Waals surface area contributed by atoms with Crippen LogP contribution in [0.4, 0.5) is 4.79 Å². The van der Waals surface area contributed by atoms with Crippen molar-refractivity contribution in [3.63, 3.8) is 0 Å². The van der Waals surface area contributed by atoms with Crippen molar-refractivity contribution in [3.05, 3.63) is 59.7 Å². The second-order valence-electron chi connectivity index (χ2n) is 6.71. The molecule has 1 aliphatic carbocycles. The molecule has 2 aromatic carbocycles. The Morgan fingerprint density at radius 3 is 2.14 bits per heavy atom. The normalized spacial score (nSPS) is 13.1. The second-order valence-corrected chi connectivity index (χ2v) is 6.71. The molecule has 0 aliphatic heterocycles. The van der Waals surface area contributed by atoms with Gasteiger partial charge in [-0.05, 0) is 35.6 Å². The third-order valence-electron chi connectivity index (χ3n) is 4.85. The molecule has 0 fully saturated rings. The number of alkyl carbamates (subject to hydrolysis) is 1. The zero-order chi connectivity index (χ0) is 20.8. The summed E-state index contributed by atoms with van der Waals surface area (Å²) in [4.78, 5) is 35.1. The van der Waals surface area contributed by atoms with Gasteiger partial charge < -0.3 is 19.9 Å². The van der Waals surface area contributed by atoms with Gasteiger partial charge in [0.25, 0.3) is 0 Å². The minimum atomic E-state index is -1.07. The van der Waals surface area contributed by atoms with E-state index in [1.807, 2.05) is 48.5 Å². The van der Waals surface area contributed by atoms with Crippen molar-refractivity contribution in [3.8, 4) is 11.1 Å². The van der Waals surface area contributed by atoms with E-state index >= 15 is 0 Å². The number of hydrogen-bond acceptors (Lipinski definition) is 5. The summed E-state index contributed by atoms with van der Waals surface area (Å²) >= 11 is 0. The first-order valence-electron chi connectivity index (χ1n) is 9.51. The largest absolute Gasteiger partial charge is 0.481 e. The van der Waals surface area contributed by atoms with Gasteiger partial charge in [-0.1, -0.05) is 48.5 Å². The number of carboxylic acids is 1. The van der Waals surface area contributed by atoms with Crippen molar-refractivity contribution in [1.82, 2.24) is 5.32 Å². The summed E-state index contributed by atoms with van der Waals surface area (Å²) in [5.74, 6) is -1.84. The molecule has 7 heteroatoms. The lowest BCUT2D eigenvalue weighted by atomic mass is 9.98. The van der Waals surface area contributed by atoms with E-state index < -0.39 is 24.1 Å². The predicted molar refractivity (Wildman–Crippen MR) is 105 cm³/mol. The minimum Gasteiger partial charge on any atom is -0.481 e. The van der Waals surface area contributed by atoms with Gasteiger partial charge in [0.15, 0.2) is 0 Å². The molecule has 29 heavy (non-hydrogen) atoms. The summed E-state index contributed by atoms with van der Waals surface area (Å²) < 4.78 is 10.3. The molecule has 0 spiro atoms. The van der Waals surface area contributed by atoms with E-state index in [4.69, 9.17) is 14.6 Å².